The third-order valence-electron chi connectivity index (χ3n) is 3.68. The predicted octanol–water partition coefficient (Wildman–Crippen LogP) is 2.14. The van der Waals surface area contributed by atoms with E-state index in [0.717, 1.165) is 12.5 Å². The predicted molar refractivity (Wildman–Crippen MR) is 78.5 cm³/mol. The van der Waals surface area contributed by atoms with Crippen LogP contribution in [0.4, 0.5) is 0 Å². The molecule has 1 aliphatic rings. The molecule has 96 valence electrons. The molecule has 16 heavy (non-hydrogen) atoms. The summed E-state index contributed by atoms with van der Waals surface area (Å²) >= 11 is 4.03. The van der Waals surface area contributed by atoms with E-state index in [1.54, 1.807) is 0 Å². The second kappa shape index (κ2) is 7.85. The molecular formula is C12H26N2S2. The minimum absolute atomic E-state index is 0.590. The van der Waals surface area contributed by atoms with Crippen LogP contribution < -0.4 is 5.73 Å². The van der Waals surface area contributed by atoms with Crippen molar-refractivity contribution in [2.75, 3.05) is 37.1 Å². The van der Waals surface area contributed by atoms with Crippen LogP contribution >= 0.6 is 23.5 Å². The van der Waals surface area contributed by atoms with Crippen molar-refractivity contribution in [3.8, 4) is 0 Å². The summed E-state index contributed by atoms with van der Waals surface area (Å²) in [5.74, 6) is 4.68. The molecule has 0 aromatic heterocycles. The Labute approximate surface area is 109 Å². The summed E-state index contributed by atoms with van der Waals surface area (Å²) in [7, 11) is 2.27. The standard InChI is InChI=1S/C12H26N2S2/c1-4-11(9-15-3)14(2)12(7-13)10-5-6-16-8-10/h10-12H,4-9,13H2,1-3H3. The van der Waals surface area contributed by atoms with Crippen LogP contribution in [0.25, 0.3) is 0 Å². The first-order chi connectivity index (χ1) is 7.74. The Morgan fingerprint density at radius 3 is 2.75 bits per heavy atom. The molecular weight excluding hydrogens is 236 g/mol. The maximum absolute atomic E-state index is 5.98. The number of nitrogens with two attached hydrogens (primary N) is 1. The van der Waals surface area contributed by atoms with Gasteiger partial charge in [0.2, 0.25) is 0 Å². The van der Waals surface area contributed by atoms with Crippen molar-refractivity contribution in [2.45, 2.75) is 31.8 Å². The van der Waals surface area contributed by atoms with Gasteiger partial charge in [-0.1, -0.05) is 6.92 Å². The topological polar surface area (TPSA) is 29.3 Å². The van der Waals surface area contributed by atoms with Crippen molar-refractivity contribution in [1.82, 2.24) is 4.90 Å². The van der Waals surface area contributed by atoms with E-state index in [9.17, 15) is 0 Å². The molecule has 0 saturated carbocycles. The first-order valence-electron chi connectivity index (χ1n) is 6.23. The number of rotatable bonds is 7. The fourth-order valence-corrected chi connectivity index (χ4v) is 4.72. The summed E-state index contributed by atoms with van der Waals surface area (Å²) in [6.07, 6.45) is 4.78. The van der Waals surface area contributed by atoms with Gasteiger partial charge in [0.1, 0.15) is 0 Å². The lowest BCUT2D eigenvalue weighted by Crippen LogP contribution is -2.49. The molecule has 3 unspecified atom stereocenters. The lowest BCUT2D eigenvalue weighted by Gasteiger charge is -2.37. The summed E-state index contributed by atoms with van der Waals surface area (Å²) in [5, 5.41) is 0. The van der Waals surface area contributed by atoms with Crippen molar-refractivity contribution in [3.05, 3.63) is 0 Å². The molecule has 1 rings (SSSR count). The lowest BCUT2D eigenvalue weighted by atomic mass is 9.96. The Hall–Kier alpha value is 0.620. The number of likely N-dealkylation sites (N-methyl/N-ethyl adjacent to an activating group) is 1. The van der Waals surface area contributed by atoms with Crippen LogP contribution in [0.3, 0.4) is 0 Å². The average Bonchev–Trinajstić information content (AvgIpc) is 2.80. The third kappa shape index (κ3) is 3.83. The number of nitrogens with zero attached hydrogens (tertiary/aromatic N) is 1. The van der Waals surface area contributed by atoms with Crippen molar-refractivity contribution in [3.63, 3.8) is 0 Å². The van der Waals surface area contributed by atoms with Gasteiger partial charge < -0.3 is 5.73 Å². The van der Waals surface area contributed by atoms with Crippen LogP contribution in [-0.4, -0.2) is 54.1 Å². The van der Waals surface area contributed by atoms with Crippen LogP contribution in [0.1, 0.15) is 19.8 Å². The zero-order chi connectivity index (χ0) is 12.0. The molecule has 0 amide bonds. The minimum Gasteiger partial charge on any atom is -0.329 e. The van der Waals surface area contributed by atoms with E-state index < -0.39 is 0 Å². The maximum atomic E-state index is 5.98. The van der Waals surface area contributed by atoms with E-state index in [1.807, 2.05) is 11.8 Å². The monoisotopic (exact) mass is 262 g/mol. The van der Waals surface area contributed by atoms with Gasteiger partial charge in [0.05, 0.1) is 0 Å². The fourth-order valence-electron chi connectivity index (χ4n) is 2.53. The second-order valence-electron chi connectivity index (χ2n) is 4.61. The van der Waals surface area contributed by atoms with Gasteiger partial charge in [0.25, 0.3) is 0 Å². The molecule has 0 spiro atoms. The summed E-state index contributed by atoms with van der Waals surface area (Å²) in [5.41, 5.74) is 5.98. The SMILES string of the molecule is CCC(CSC)N(C)C(CN)C1CCSC1. The average molecular weight is 262 g/mol. The van der Waals surface area contributed by atoms with Gasteiger partial charge >= 0.3 is 0 Å². The molecule has 0 aromatic carbocycles. The molecule has 0 bridgehead atoms. The van der Waals surface area contributed by atoms with Crippen LogP contribution in [0.5, 0.6) is 0 Å². The fraction of sp³-hybridized carbons (Fsp3) is 1.00. The van der Waals surface area contributed by atoms with E-state index >= 15 is 0 Å². The van der Waals surface area contributed by atoms with Crippen molar-refractivity contribution >= 4 is 23.5 Å². The van der Waals surface area contributed by atoms with Crippen LogP contribution in [0.2, 0.25) is 0 Å². The largest absolute Gasteiger partial charge is 0.329 e. The number of hydrogen-bond donors (Lipinski definition) is 1. The van der Waals surface area contributed by atoms with Crippen molar-refractivity contribution in [2.24, 2.45) is 11.7 Å². The Morgan fingerprint density at radius 2 is 2.31 bits per heavy atom. The highest BCUT2D eigenvalue weighted by molar-refractivity contribution is 7.99. The highest BCUT2D eigenvalue weighted by atomic mass is 32.2. The van der Waals surface area contributed by atoms with Gasteiger partial charge in [0, 0.05) is 24.4 Å². The summed E-state index contributed by atoms with van der Waals surface area (Å²) in [6, 6.07) is 1.28. The van der Waals surface area contributed by atoms with Crippen LogP contribution in [0.15, 0.2) is 0 Å². The molecule has 2 N–H and O–H groups in total. The third-order valence-corrected chi connectivity index (χ3v) is 5.59. The highest BCUT2D eigenvalue weighted by Gasteiger charge is 2.30. The zero-order valence-electron chi connectivity index (χ0n) is 10.8. The maximum Gasteiger partial charge on any atom is 0.0255 e. The summed E-state index contributed by atoms with van der Waals surface area (Å²) < 4.78 is 0. The van der Waals surface area contributed by atoms with Crippen LogP contribution in [0, 0.1) is 5.92 Å². The summed E-state index contributed by atoms with van der Waals surface area (Å²) in [6.45, 7) is 3.10. The van der Waals surface area contributed by atoms with Crippen molar-refractivity contribution < 1.29 is 0 Å². The first kappa shape index (κ1) is 14.7. The van der Waals surface area contributed by atoms with E-state index in [2.05, 4.69) is 36.9 Å². The Kier molecular flexibility index (Phi) is 7.20. The Balaban J connectivity index is 2.55. The quantitative estimate of drug-likeness (QED) is 0.761. The molecule has 0 aliphatic carbocycles. The van der Waals surface area contributed by atoms with Crippen LogP contribution in [-0.2, 0) is 0 Å². The molecule has 1 saturated heterocycles. The molecule has 1 aliphatic heterocycles. The Bertz CT molecular complexity index is 184. The van der Waals surface area contributed by atoms with E-state index in [-0.39, 0.29) is 0 Å². The molecule has 2 nitrogen and oxygen atoms in total. The smallest absolute Gasteiger partial charge is 0.0255 e. The van der Waals surface area contributed by atoms with E-state index in [0.29, 0.717) is 12.1 Å². The van der Waals surface area contributed by atoms with Gasteiger partial charge in [-0.25, -0.2) is 0 Å². The molecule has 1 heterocycles. The lowest BCUT2D eigenvalue weighted by molar-refractivity contribution is 0.144. The number of thioether (sulfide) groups is 2. The summed E-state index contributed by atoms with van der Waals surface area (Å²) in [4.78, 5) is 2.55. The van der Waals surface area contributed by atoms with Gasteiger partial charge in [-0.05, 0) is 43.6 Å². The minimum atomic E-state index is 0.590. The first-order valence-corrected chi connectivity index (χ1v) is 8.78. The molecule has 4 heteroatoms. The normalized spacial score (nSPS) is 24.9. The Morgan fingerprint density at radius 1 is 1.56 bits per heavy atom. The van der Waals surface area contributed by atoms with Gasteiger partial charge in [0.15, 0.2) is 0 Å². The molecule has 3 atom stereocenters. The molecule has 0 aromatic rings. The van der Waals surface area contributed by atoms with Gasteiger partial charge in [-0.2, -0.15) is 23.5 Å². The highest BCUT2D eigenvalue weighted by Crippen LogP contribution is 2.29. The molecule has 1 fully saturated rings. The number of hydrogen-bond acceptors (Lipinski definition) is 4. The zero-order valence-corrected chi connectivity index (χ0v) is 12.4. The second-order valence-corrected chi connectivity index (χ2v) is 6.67. The van der Waals surface area contributed by atoms with Gasteiger partial charge in [-0.15, -0.1) is 0 Å². The van der Waals surface area contributed by atoms with Crippen molar-refractivity contribution in [1.29, 1.82) is 0 Å². The van der Waals surface area contributed by atoms with E-state index in [4.69, 9.17) is 5.73 Å². The van der Waals surface area contributed by atoms with Gasteiger partial charge in [-0.3, -0.25) is 4.90 Å². The van der Waals surface area contributed by atoms with E-state index in [1.165, 1.54) is 30.1 Å². The molecule has 0 radical (unpaired) electrons.